The summed E-state index contributed by atoms with van der Waals surface area (Å²) in [6.07, 6.45) is 2.98. The second-order valence-corrected chi connectivity index (χ2v) is 7.75. The lowest BCUT2D eigenvalue weighted by molar-refractivity contribution is 0.0717. The van der Waals surface area contributed by atoms with Crippen molar-refractivity contribution in [3.05, 3.63) is 93.4 Å². The summed E-state index contributed by atoms with van der Waals surface area (Å²) in [5, 5.41) is 9.95. The van der Waals surface area contributed by atoms with E-state index in [2.05, 4.69) is 5.43 Å². The van der Waals surface area contributed by atoms with Crippen LogP contribution in [-0.4, -0.2) is 40.4 Å². The van der Waals surface area contributed by atoms with Crippen molar-refractivity contribution in [3.8, 4) is 11.5 Å². The zero-order valence-electron chi connectivity index (χ0n) is 17.8. The van der Waals surface area contributed by atoms with Crippen molar-refractivity contribution in [1.29, 1.82) is 0 Å². The Kier molecular flexibility index (Phi) is 6.58. The summed E-state index contributed by atoms with van der Waals surface area (Å²) in [5.41, 5.74) is 3.58. The van der Waals surface area contributed by atoms with Crippen molar-refractivity contribution in [2.45, 2.75) is 19.3 Å². The highest BCUT2D eigenvalue weighted by atomic mass is 19.1. The van der Waals surface area contributed by atoms with E-state index in [4.69, 9.17) is 4.74 Å². The van der Waals surface area contributed by atoms with Crippen LogP contribution in [0.1, 0.15) is 34.5 Å². The molecule has 2 heterocycles. The number of carbonyl (C=O) groups excluding carboxylic acids is 1. The average molecular weight is 455 g/mol. The number of unbranched alkanes of at least 4 members (excludes halogenated alkanes) is 1. The number of fused-ring (bicyclic) bond motifs is 1. The third-order valence-electron chi connectivity index (χ3n) is 5.38. The number of hydrogen-bond acceptors (Lipinski definition) is 5. The second kappa shape index (κ2) is 9.72. The first kappa shape index (κ1) is 22.3. The SMILES string of the molecule is O=C1c2c(O)c(=O)ccn2NCN1CCCCOc1ccc(F)cc1Cc1cccc(F)c1. The summed E-state index contributed by atoms with van der Waals surface area (Å²) >= 11 is 0. The first-order valence-corrected chi connectivity index (χ1v) is 10.6. The third kappa shape index (κ3) is 5.14. The van der Waals surface area contributed by atoms with Crippen LogP contribution in [0.4, 0.5) is 8.78 Å². The summed E-state index contributed by atoms with van der Waals surface area (Å²) < 4.78 is 34.4. The zero-order valence-corrected chi connectivity index (χ0v) is 17.8. The van der Waals surface area contributed by atoms with Gasteiger partial charge in [-0.2, -0.15) is 0 Å². The van der Waals surface area contributed by atoms with E-state index in [-0.39, 0.29) is 18.2 Å². The number of ether oxygens (including phenoxy) is 1. The first-order chi connectivity index (χ1) is 15.9. The van der Waals surface area contributed by atoms with E-state index >= 15 is 0 Å². The highest BCUT2D eigenvalue weighted by molar-refractivity contribution is 5.96. The second-order valence-electron chi connectivity index (χ2n) is 7.75. The standard InChI is InChI=1S/C24H23F2N3O4/c25-18-5-3-4-16(13-18)12-17-14-19(26)6-7-21(17)33-11-2-1-9-28-15-27-29-10-8-20(30)23(31)22(29)24(28)32/h3-8,10,13-14,27,31H,1-2,9,11-12,15H2. The maximum atomic E-state index is 13.8. The van der Waals surface area contributed by atoms with Gasteiger partial charge in [-0.05, 0) is 48.7 Å². The Morgan fingerprint density at radius 3 is 2.67 bits per heavy atom. The topological polar surface area (TPSA) is 83.8 Å². The number of aromatic hydroxyl groups is 1. The number of amides is 1. The van der Waals surface area contributed by atoms with E-state index in [1.54, 1.807) is 18.2 Å². The monoisotopic (exact) mass is 455 g/mol. The van der Waals surface area contributed by atoms with Crippen LogP contribution < -0.4 is 15.6 Å². The van der Waals surface area contributed by atoms with Crippen molar-refractivity contribution in [2.75, 3.05) is 25.2 Å². The number of rotatable bonds is 8. The molecule has 0 atom stereocenters. The van der Waals surface area contributed by atoms with Crippen molar-refractivity contribution in [3.63, 3.8) is 0 Å². The molecule has 0 fully saturated rings. The molecule has 2 aromatic carbocycles. The fourth-order valence-electron chi connectivity index (χ4n) is 3.71. The van der Waals surface area contributed by atoms with Gasteiger partial charge in [-0.1, -0.05) is 12.1 Å². The number of hydrogen-bond donors (Lipinski definition) is 2. The highest BCUT2D eigenvalue weighted by Gasteiger charge is 2.27. The molecule has 4 rings (SSSR count). The van der Waals surface area contributed by atoms with E-state index in [1.807, 2.05) is 0 Å². The van der Waals surface area contributed by atoms with Crippen molar-refractivity contribution in [2.24, 2.45) is 0 Å². The van der Waals surface area contributed by atoms with Crippen LogP contribution >= 0.6 is 0 Å². The molecule has 0 saturated carbocycles. The Morgan fingerprint density at radius 2 is 1.85 bits per heavy atom. The van der Waals surface area contributed by atoms with E-state index in [1.165, 1.54) is 46.1 Å². The van der Waals surface area contributed by atoms with Crippen LogP contribution in [0.5, 0.6) is 11.5 Å². The summed E-state index contributed by atoms with van der Waals surface area (Å²) in [6, 6.07) is 11.6. The molecule has 0 unspecified atom stereocenters. The maximum absolute atomic E-state index is 13.8. The molecule has 9 heteroatoms. The largest absolute Gasteiger partial charge is 0.502 e. The van der Waals surface area contributed by atoms with Gasteiger partial charge in [0.1, 0.15) is 24.1 Å². The normalized spacial score (nSPS) is 12.9. The van der Waals surface area contributed by atoms with Crippen LogP contribution in [0.25, 0.3) is 0 Å². The number of nitrogens with one attached hydrogen (secondary N) is 1. The summed E-state index contributed by atoms with van der Waals surface area (Å²) in [6.45, 7) is 0.987. The number of nitrogens with zero attached hydrogens (tertiary/aromatic N) is 2. The number of benzene rings is 2. The Hall–Kier alpha value is -3.88. The molecule has 0 aliphatic carbocycles. The summed E-state index contributed by atoms with van der Waals surface area (Å²) in [4.78, 5) is 25.8. The predicted octanol–water partition coefficient (Wildman–Crippen LogP) is 3.24. The van der Waals surface area contributed by atoms with Gasteiger partial charge in [-0.3, -0.25) is 14.3 Å². The van der Waals surface area contributed by atoms with Crippen molar-refractivity contribution >= 4 is 5.91 Å². The lowest BCUT2D eigenvalue weighted by Crippen LogP contribution is -2.46. The molecular weight excluding hydrogens is 432 g/mol. The van der Waals surface area contributed by atoms with E-state index < -0.39 is 22.9 Å². The smallest absolute Gasteiger partial charge is 0.277 e. The fourth-order valence-corrected chi connectivity index (χ4v) is 3.71. The minimum atomic E-state index is -0.611. The van der Waals surface area contributed by atoms with Crippen LogP contribution in [0.2, 0.25) is 0 Å². The molecule has 0 spiro atoms. The number of pyridine rings is 1. The molecule has 2 N–H and O–H groups in total. The molecular formula is C24H23F2N3O4. The fraction of sp³-hybridized carbons (Fsp3) is 0.250. The lowest BCUT2D eigenvalue weighted by Gasteiger charge is -2.31. The number of aromatic nitrogens is 1. The molecule has 1 aromatic heterocycles. The van der Waals surface area contributed by atoms with E-state index in [9.17, 15) is 23.5 Å². The molecule has 0 saturated heterocycles. The molecule has 33 heavy (non-hydrogen) atoms. The molecule has 1 aliphatic rings. The Morgan fingerprint density at radius 1 is 1.03 bits per heavy atom. The molecule has 0 radical (unpaired) electrons. The van der Waals surface area contributed by atoms with Crippen LogP contribution in [0, 0.1) is 11.6 Å². The molecule has 3 aromatic rings. The Balaban J connectivity index is 1.31. The lowest BCUT2D eigenvalue weighted by atomic mass is 10.0. The van der Waals surface area contributed by atoms with E-state index in [0.29, 0.717) is 49.3 Å². The van der Waals surface area contributed by atoms with Gasteiger partial charge in [-0.25, -0.2) is 8.78 Å². The number of carbonyl (C=O) groups is 1. The molecule has 172 valence electrons. The quantitative estimate of drug-likeness (QED) is 0.510. The summed E-state index contributed by atoms with van der Waals surface area (Å²) in [7, 11) is 0. The van der Waals surface area contributed by atoms with Gasteiger partial charge in [0.25, 0.3) is 5.91 Å². The van der Waals surface area contributed by atoms with Crippen LogP contribution in [0.15, 0.2) is 59.5 Å². The molecule has 7 nitrogen and oxygen atoms in total. The van der Waals surface area contributed by atoms with Crippen molar-refractivity contribution in [1.82, 2.24) is 9.58 Å². The van der Waals surface area contributed by atoms with Crippen LogP contribution in [0.3, 0.4) is 0 Å². The van der Waals surface area contributed by atoms with E-state index in [0.717, 1.165) is 0 Å². The first-order valence-electron chi connectivity index (χ1n) is 10.6. The van der Waals surface area contributed by atoms with Gasteiger partial charge in [0.2, 0.25) is 5.43 Å². The predicted molar refractivity (Wildman–Crippen MR) is 118 cm³/mol. The Labute approximate surface area is 188 Å². The molecule has 1 amide bonds. The van der Waals surface area contributed by atoms with Gasteiger partial charge < -0.3 is 20.2 Å². The Bertz CT molecular complexity index is 1230. The average Bonchev–Trinajstić information content (AvgIpc) is 2.78. The van der Waals surface area contributed by atoms with Gasteiger partial charge in [0, 0.05) is 30.8 Å². The van der Waals surface area contributed by atoms with Gasteiger partial charge in [0.05, 0.1) is 6.61 Å². The number of halogens is 2. The molecule has 1 aliphatic heterocycles. The van der Waals surface area contributed by atoms with Gasteiger partial charge in [-0.15, -0.1) is 0 Å². The van der Waals surface area contributed by atoms with Gasteiger partial charge in [0.15, 0.2) is 11.4 Å². The minimum Gasteiger partial charge on any atom is -0.502 e. The van der Waals surface area contributed by atoms with Crippen LogP contribution in [-0.2, 0) is 6.42 Å². The minimum absolute atomic E-state index is 0.0849. The third-order valence-corrected chi connectivity index (χ3v) is 5.38. The maximum Gasteiger partial charge on any atom is 0.277 e. The molecule has 0 bridgehead atoms. The van der Waals surface area contributed by atoms with Crippen molar-refractivity contribution < 1.29 is 23.4 Å². The zero-order chi connectivity index (χ0) is 23.4. The van der Waals surface area contributed by atoms with Gasteiger partial charge >= 0.3 is 0 Å². The summed E-state index contributed by atoms with van der Waals surface area (Å²) in [5.74, 6) is -1.23. The highest BCUT2D eigenvalue weighted by Crippen LogP contribution is 2.24.